The molecule has 0 bridgehead atoms. The summed E-state index contributed by atoms with van der Waals surface area (Å²) in [6.45, 7) is 6.21. The predicted octanol–water partition coefficient (Wildman–Crippen LogP) is 0.581. The van der Waals surface area contributed by atoms with Crippen molar-refractivity contribution in [3.63, 3.8) is 0 Å². The third kappa shape index (κ3) is 4.48. The van der Waals surface area contributed by atoms with E-state index >= 15 is 0 Å². The minimum atomic E-state index is -0.675. The van der Waals surface area contributed by atoms with E-state index in [-0.39, 0.29) is 6.04 Å². The first kappa shape index (κ1) is 12.3. The lowest BCUT2D eigenvalue weighted by Gasteiger charge is -2.30. The molecule has 1 amide bonds. The van der Waals surface area contributed by atoms with Crippen LogP contribution in [0.5, 0.6) is 0 Å². The van der Waals surface area contributed by atoms with Crippen molar-refractivity contribution in [3.05, 3.63) is 0 Å². The van der Waals surface area contributed by atoms with Gasteiger partial charge in [0, 0.05) is 0 Å². The van der Waals surface area contributed by atoms with Crippen molar-refractivity contribution in [2.45, 2.75) is 51.5 Å². The van der Waals surface area contributed by atoms with Crippen molar-refractivity contribution in [1.82, 2.24) is 10.6 Å². The van der Waals surface area contributed by atoms with E-state index in [2.05, 4.69) is 10.6 Å². The molecule has 1 fully saturated rings. The molecule has 88 valence electrons. The maximum Gasteiger partial charge on any atom is 0.408 e. The molecule has 0 aromatic heterocycles. The summed E-state index contributed by atoms with van der Waals surface area (Å²) in [4.78, 5) is 11.4. The van der Waals surface area contributed by atoms with Gasteiger partial charge in [0.25, 0.3) is 0 Å². The summed E-state index contributed by atoms with van der Waals surface area (Å²) >= 11 is 0. The lowest BCUT2D eigenvalue weighted by atomic mass is 10.1. The summed E-state index contributed by atoms with van der Waals surface area (Å²) in [6, 6.07) is -0.256. The van der Waals surface area contributed by atoms with Crippen molar-refractivity contribution in [3.8, 4) is 0 Å². The van der Waals surface area contributed by atoms with Gasteiger partial charge in [-0.1, -0.05) is 0 Å². The van der Waals surface area contributed by atoms with Gasteiger partial charge in [0.05, 0.1) is 6.04 Å². The Morgan fingerprint density at radius 2 is 2.20 bits per heavy atom. The molecular formula is C10H20N2O3. The van der Waals surface area contributed by atoms with Crippen LogP contribution in [0.1, 0.15) is 33.6 Å². The third-order valence-electron chi connectivity index (χ3n) is 2.13. The second-order valence-electron chi connectivity index (χ2n) is 4.79. The molecule has 0 radical (unpaired) electrons. The number of ether oxygens (including phenoxy) is 1. The van der Waals surface area contributed by atoms with E-state index < -0.39 is 17.9 Å². The number of piperidine rings is 1. The van der Waals surface area contributed by atoms with E-state index in [1.54, 1.807) is 0 Å². The Morgan fingerprint density at radius 1 is 1.53 bits per heavy atom. The number of aliphatic hydroxyl groups is 1. The van der Waals surface area contributed by atoms with Gasteiger partial charge in [0.1, 0.15) is 11.8 Å². The number of rotatable bonds is 1. The quantitative estimate of drug-likeness (QED) is 0.599. The average Bonchev–Trinajstić information content (AvgIpc) is 2.05. The van der Waals surface area contributed by atoms with Gasteiger partial charge < -0.3 is 15.2 Å². The summed E-state index contributed by atoms with van der Waals surface area (Å²) in [5, 5.41) is 15.1. The fourth-order valence-electron chi connectivity index (χ4n) is 1.48. The largest absolute Gasteiger partial charge is 0.444 e. The number of carbonyl (C=O) groups excluding carboxylic acids is 1. The summed E-state index contributed by atoms with van der Waals surface area (Å²) < 4.78 is 5.10. The molecule has 2 unspecified atom stereocenters. The molecule has 0 aliphatic carbocycles. The van der Waals surface area contributed by atoms with Gasteiger partial charge in [0.15, 0.2) is 0 Å². The summed E-state index contributed by atoms with van der Waals surface area (Å²) in [6.07, 6.45) is 0.562. The number of alkyl carbamates (subject to hydrolysis) is 1. The smallest absolute Gasteiger partial charge is 0.408 e. The predicted molar refractivity (Wildman–Crippen MR) is 56.4 cm³/mol. The molecule has 1 heterocycles. The van der Waals surface area contributed by atoms with E-state index in [9.17, 15) is 9.90 Å². The number of amides is 1. The van der Waals surface area contributed by atoms with Crippen LogP contribution < -0.4 is 10.6 Å². The first-order valence-corrected chi connectivity index (χ1v) is 5.29. The lowest BCUT2D eigenvalue weighted by Crippen LogP contribution is -2.54. The van der Waals surface area contributed by atoms with Gasteiger partial charge in [-0.15, -0.1) is 0 Å². The lowest BCUT2D eigenvalue weighted by molar-refractivity contribution is 0.0312. The molecule has 1 rings (SSSR count). The highest BCUT2D eigenvalue weighted by molar-refractivity contribution is 5.68. The molecular weight excluding hydrogens is 196 g/mol. The number of aliphatic hydroxyl groups excluding tert-OH is 1. The number of carbonyl (C=O) groups is 1. The van der Waals surface area contributed by atoms with Crippen LogP contribution >= 0.6 is 0 Å². The topological polar surface area (TPSA) is 70.6 Å². The number of hydrogen-bond acceptors (Lipinski definition) is 4. The molecule has 0 aromatic carbocycles. The Hall–Kier alpha value is -0.810. The Morgan fingerprint density at radius 3 is 2.73 bits per heavy atom. The monoisotopic (exact) mass is 216 g/mol. The minimum absolute atomic E-state index is 0.256. The maximum atomic E-state index is 11.4. The Bertz CT molecular complexity index is 225. The first-order valence-electron chi connectivity index (χ1n) is 5.29. The molecule has 0 saturated carbocycles. The summed E-state index contributed by atoms with van der Waals surface area (Å²) in [5.74, 6) is 0. The third-order valence-corrected chi connectivity index (χ3v) is 2.13. The Kier molecular flexibility index (Phi) is 3.93. The molecule has 1 saturated heterocycles. The van der Waals surface area contributed by atoms with Crippen LogP contribution in [0, 0.1) is 0 Å². The van der Waals surface area contributed by atoms with Crippen LogP contribution in [-0.2, 0) is 4.74 Å². The van der Waals surface area contributed by atoms with E-state index in [1.165, 1.54) is 0 Å². The highest BCUT2D eigenvalue weighted by Crippen LogP contribution is 2.10. The zero-order valence-corrected chi connectivity index (χ0v) is 9.54. The van der Waals surface area contributed by atoms with Crippen LogP contribution in [0.4, 0.5) is 4.79 Å². The zero-order chi connectivity index (χ0) is 11.5. The maximum absolute atomic E-state index is 11.4. The Labute approximate surface area is 90.2 Å². The van der Waals surface area contributed by atoms with Crippen LogP contribution in [0.25, 0.3) is 0 Å². The number of nitrogens with one attached hydrogen (secondary N) is 2. The molecule has 0 aromatic rings. The van der Waals surface area contributed by atoms with E-state index in [0.717, 1.165) is 19.4 Å². The molecule has 1 aliphatic rings. The Balaban J connectivity index is 2.36. The molecule has 5 heteroatoms. The molecule has 2 atom stereocenters. The van der Waals surface area contributed by atoms with Crippen LogP contribution in [-0.4, -0.2) is 35.6 Å². The van der Waals surface area contributed by atoms with E-state index in [4.69, 9.17) is 4.74 Å². The van der Waals surface area contributed by atoms with E-state index in [0.29, 0.717) is 0 Å². The van der Waals surface area contributed by atoms with Gasteiger partial charge in [-0.2, -0.15) is 0 Å². The minimum Gasteiger partial charge on any atom is -0.444 e. The molecule has 0 spiro atoms. The van der Waals surface area contributed by atoms with Gasteiger partial charge in [0.2, 0.25) is 0 Å². The van der Waals surface area contributed by atoms with Crippen LogP contribution in [0.2, 0.25) is 0 Å². The van der Waals surface area contributed by atoms with Gasteiger partial charge >= 0.3 is 6.09 Å². The fraction of sp³-hybridized carbons (Fsp3) is 0.900. The molecule has 3 N–H and O–H groups in total. The highest BCUT2D eigenvalue weighted by Gasteiger charge is 2.26. The zero-order valence-electron chi connectivity index (χ0n) is 9.54. The van der Waals surface area contributed by atoms with Crippen LogP contribution in [0.15, 0.2) is 0 Å². The van der Waals surface area contributed by atoms with Crippen molar-refractivity contribution in [1.29, 1.82) is 0 Å². The van der Waals surface area contributed by atoms with Crippen LogP contribution in [0.3, 0.4) is 0 Å². The average molecular weight is 216 g/mol. The standard InChI is InChI=1S/C10H20N2O3/c1-10(2,3)15-9(14)12-7-5-4-6-11-8(7)13/h7-8,11,13H,4-6H2,1-3H3,(H,12,14). The molecule has 15 heavy (non-hydrogen) atoms. The van der Waals surface area contributed by atoms with Crippen molar-refractivity contribution in [2.24, 2.45) is 0 Å². The van der Waals surface area contributed by atoms with Gasteiger partial charge in [-0.3, -0.25) is 5.32 Å². The van der Waals surface area contributed by atoms with Crippen molar-refractivity contribution < 1.29 is 14.6 Å². The second kappa shape index (κ2) is 4.81. The van der Waals surface area contributed by atoms with Crippen molar-refractivity contribution in [2.75, 3.05) is 6.54 Å². The highest BCUT2D eigenvalue weighted by atomic mass is 16.6. The van der Waals surface area contributed by atoms with Gasteiger partial charge in [-0.25, -0.2) is 4.79 Å². The SMILES string of the molecule is CC(C)(C)OC(=O)NC1CCCNC1O. The van der Waals surface area contributed by atoms with E-state index in [1.807, 2.05) is 20.8 Å². The fourth-order valence-corrected chi connectivity index (χ4v) is 1.48. The van der Waals surface area contributed by atoms with Crippen molar-refractivity contribution >= 4 is 6.09 Å². The van der Waals surface area contributed by atoms with Gasteiger partial charge in [-0.05, 0) is 40.2 Å². The normalized spacial score (nSPS) is 27.2. The second-order valence-corrected chi connectivity index (χ2v) is 4.79. The first-order chi connectivity index (χ1) is 6.88. The molecule has 1 aliphatic heterocycles. The number of hydrogen-bond donors (Lipinski definition) is 3. The molecule has 5 nitrogen and oxygen atoms in total. The summed E-state index contributed by atoms with van der Waals surface area (Å²) in [7, 11) is 0. The summed E-state index contributed by atoms with van der Waals surface area (Å²) in [5.41, 5.74) is -0.503.